The summed E-state index contributed by atoms with van der Waals surface area (Å²) in [7, 11) is 0. The number of rotatable bonds is 24. The number of primary amides is 1. The van der Waals surface area contributed by atoms with Crippen molar-refractivity contribution in [1.29, 1.82) is 0 Å². The van der Waals surface area contributed by atoms with Crippen LogP contribution in [0.4, 0.5) is 0 Å². The lowest BCUT2D eigenvalue weighted by atomic mass is 10.1. The molecule has 2 atom stereocenters. The second-order valence-electron chi connectivity index (χ2n) is 7.73. The highest BCUT2D eigenvalue weighted by Gasteiger charge is 2.20. The van der Waals surface area contributed by atoms with Crippen molar-refractivity contribution in [2.24, 2.45) is 11.5 Å². The van der Waals surface area contributed by atoms with Gasteiger partial charge in [-0.25, -0.2) is 0 Å². The van der Waals surface area contributed by atoms with E-state index in [-0.39, 0.29) is 63.0 Å². The lowest BCUT2D eigenvalue weighted by Gasteiger charge is -2.17. The van der Waals surface area contributed by atoms with E-state index in [2.05, 4.69) is 28.6 Å². The normalized spacial score (nSPS) is 12.4. The minimum absolute atomic E-state index is 0.0489. The molecule has 0 aliphatic rings. The van der Waals surface area contributed by atoms with Crippen LogP contribution < -0.4 is 27.4 Å². The molecule has 14 nitrogen and oxygen atoms in total. The Kier molecular flexibility index (Phi) is 21.4. The molecule has 0 radical (unpaired) electrons. The molecule has 0 spiro atoms. The van der Waals surface area contributed by atoms with Crippen LogP contribution in [0, 0.1) is 0 Å². The number of Topliss-reactive ketones (excluding diaryl/α,β-unsaturated/α-hetero) is 1. The summed E-state index contributed by atoms with van der Waals surface area (Å²) in [6, 6.07) is -1.48. The van der Waals surface area contributed by atoms with Crippen molar-refractivity contribution in [3.8, 4) is 0 Å². The SMILES string of the molecule is CC(=O)C(CS)NC(=O)CCOCCOCCOCCOCCNC(=O)C(CCC(N)=O)NC(=O)CN. The Morgan fingerprint density at radius 3 is 1.76 bits per heavy atom. The molecule has 0 saturated carbocycles. The molecule has 214 valence electrons. The van der Waals surface area contributed by atoms with Crippen LogP contribution >= 0.6 is 12.6 Å². The zero-order valence-electron chi connectivity index (χ0n) is 21.3. The van der Waals surface area contributed by atoms with Gasteiger partial charge >= 0.3 is 0 Å². The maximum Gasteiger partial charge on any atom is 0.242 e. The van der Waals surface area contributed by atoms with Gasteiger partial charge in [0.2, 0.25) is 23.6 Å². The van der Waals surface area contributed by atoms with E-state index in [1.54, 1.807) is 0 Å². The van der Waals surface area contributed by atoms with Crippen LogP contribution in [0.3, 0.4) is 0 Å². The Balaban J connectivity index is 3.63. The zero-order valence-corrected chi connectivity index (χ0v) is 22.2. The maximum absolute atomic E-state index is 12.2. The smallest absolute Gasteiger partial charge is 0.242 e. The molecule has 0 aromatic rings. The highest BCUT2D eigenvalue weighted by atomic mass is 32.1. The van der Waals surface area contributed by atoms with Gasteiger partial charge in [-0.3, -0.25) is 24.0 Å². The number of amides is 4. The van der Waals surface area contributed by atoms with E-state index in [0.717, 1.165) is 0 Å². The Morgan fingerprint density at radius 2 is 1.27 bits per heavy atom. The molecule has 0 aliphatic carbocycles. The molecule has 0 aliphatic heterocycles. The lowest BCUT2D eigenvalue weighted by Crippen LogP contribution is -2.49. The molecular weight excluding hydrogens is 510 g/mol. The average Bonchev–Trinajstić information content (AvgIpc) is 2.86. The Labute approximate surface area is 222 Å². The third kappa shape index (κ3) is 20.4. The number of thiol groups is 1. The van der Waals surface area contributed by atoms with E-state index >= 15 is 0 Å². The maximum atomic E-state index is 12.2. The van der Waals surface area contributed by atoms with Crippen molar-refractivity contribution < 1.29 is 42.9 Å². The number of hydrogen-bond acceptors (Lipinski definition) is 11. The number of nitrogens with two attached hydrogens (primary N) is 2. The topological polar surface area (TPSA) is 210 Å². The fraction of sp³-hybridized carbons (Fsp3) is 0.773. The van der Waals surface area contributed by atoms with Gasteiger partial charge in [0.05, 0.1) is 65.4 Å². The Morgan fingerprint density at radius 1 is 0.757 bits per heavy atom. The lowest BCUT2D eigenvalue weighted by molar-refractivity contribution is -0.129. The number of ketones is 1. The molecule has 2 unspecified atom stereocenters. The predicted octanol–water partition coefficient (Wildman–Crippen LogP) is -2.73. The van der Waals surface area contributed by atoms with Crippen molar-refractivity contribution in [3.05, 3.63) is 0 Å². The molecule has 0 bridgehead atoms. The van der Waals surface area contributed by atoms with Crippen molar-refractivity contribution in [3.63, 3.8) is 0 Å². The van der Waals surface area contributed by atoms with Gasteiger partial charge < -0.3 is 46.4 Å². The summed E-state index contributed by atoms with van der Waals surface area (Å²) in [5, 5.41) is 7.64. The van der Waals surface area contributed by atoms with E-state index < -0.39 is 29.8 Å². The molecule has 0 aromatic carbocycles. The van der Waals surface area contributed by atoms with Crippen LogP contribution in [0.15, 0.2) is 0 Å². The highest BCUT2D eigenvalue weighted by Crippen LogP contribution is 1.98. The van der Waals surface area contributed by atoms with Gasteiger partial charge in [0.1, 0.15) is 6.04 Å². The van der Waals surface area contributed by atoms with Gasteiger partial charge in [-0.05, 0) is 13.3 Å². The molecule has 0 fully saturated rings. The third-order valence-corrected chi connectivity index (χ3v) is 5.03. The second-order valence-corrected chi connectivity index (χ2v) is 8.10. The van der Waals surface area contributed by atoms with Crippen molar-refractivity contribution >= 4 is 42.0 Å². The van der Waals surface area contributed by atoms with Crippen LogP contribution in [0.1, 0.15) is 26.2 Å². The second kappa shape index (κ2) is 22.9. The quantitative estimate of drug-likeness (QED) is 0.0539. The van der Waals surface area contributed by atoms with Gasteiger partial charge in [-0.1, -0.05) is 0 Å². The summed E-state index contributed by atoms with van der Waals surface area (Å²) in [4.78, 5) is 57.5. The summed E-state index contributed by atoms with van der Waals surface area (Å²) in [5.74, 6) is -1.70. The van der Waals surface area contributed by atoms with E-state index in [4.69, 9.17) is 30.4 Å². The average molecular weight is 552 g/mol. The van der Waals surface area contributed by atoms with Gasteiger partial charge in [0.25, 0.3) is 0 Å². The number of carbonyl (C=O) groups is 5. The van der Waals surface area contributed by atoms with Crippen molar-refractivity contribution in [1.82, 2.24) is 16.0 Å². The molecular formula is C22H41N5O9S. The largest absolute Gasteiger partial charge is 0.379 e. The fourth-order valence-electron chi connectivity index (χ4n) is 2.65. The van der Waals surface area contributed by atoms with Crippen molar-refractivity contribution in [2.45, 2.75) is 38.3 Å². The minimum atomic E-state index is -0.902. The number of hydrogen-bond donors (Lipinski definition) is 6. The number of carbonyl (C=O) groups excluding carboxylic acids is 5. The molecule has 37 heavy (non-hydrogen) atoms. The molecule has 4 amide bonds. The van der Waals surface area contributed by atoms with Crippen LogP contribution in [0.2, 0.25) is 0 Å². The first-order chi connectivity index (χ1) is 17.7. The number of ether oxygens (including phenoxy) is 4. The first-order valence-electron chi connectivity index (χ1n) is 12.0. The van der Waals surface area contributed by atoms with Crippen molar-refractivity contribution in [2.75, 3.05) is 71.7 Å². The van der Waals surface area contributed by atoms with Crippen LogP contribution in [0.25, 0.3) is 0 Å². The van der Waals surface area contributed by atoms with Gasteiger partial charge in [0.15, 0.2) is 5.78 Å². The predicted molar refractivity (Wildman–Crippen MR) is 137 cm³/mol. The first-order valence-corrected chi connectivity index (χ1v) is 12.6. The summed E-state index contributed by atoms with van der Waals surface area (Å²) in [6.07, 6.45) is 0.171. The highest BCUT2D eigenvalue weighted by molar-refractivity contribution is 7.80. The third-order valence-electron chi connectivity index (χ3n) is 4.66. The van der Waals surface area contributed by atoms with E-state index in [9.17, 15) is 24.0 Å². The van der Waals surface area contributed by atoms with E-state index in [1.807, 2.05) is 0 Å². The first kappa shape index (κ1) is 34.7. The van der Waals surface area contributed by atoms with E-state index in [0.29, 0.717) is 39.6 Å². The molecule has 0 saturated heterocycles. The number of nitrogens with one attached hydrogen (secondary N) is 3. The van der Waals surface area contributed by atoms with Gasteiger partial charge in [-0.15, -0.1) is 0 Å². The Bertz CT molecular complexity index is 699. The van der Waals surface area contributed by atoms with Crippen LogP contribution in [-0.4, -0.2) is 113 Å². The van der Waals surface area contributed by atoms with Gasteiger partial charge in [-0.2, -0.15) is 12.6 Å². The Hall–Kier alpha value is -2.30. The fourth-order valence-corrected chi connectivity index (χ4v) is 3.00. The summed E-state index contributed by atoms with van der Waals surface area (Å²) in [6.45, 7) is 3.84. The molecule has 15 heteroatoms. The minimum Gasteiger partial charge on any atom is -0.379 e. The molecule has 0 rings (SSSR count). The monoisotopic (exact) mass is 551 g/mol. The van der Waals surface area contributed by atoms with Crippen LogP contribution in [0.5, 0.6) is 0 Å². The zero-order chi connectivity index (χ0) is 27.9. The molecule has 0 aromatic heterocycles. The summed E-state index contributed by atoms with van der Waals surface area (Å²) >= 11 is 4.02. The standard InChI is InChI=1S/C22H41N5O9S/c1-16(28)18(15-37)27-20(30)4-6-33-8-10-35-12-13-36-11-9-34-7-5-25-22(32)17(2-3-19(24)29)26-21(31)14-23/h17-18,37H,2-15,23H2,1H3,(H2,24,29)(H,25,32)(H,26,31)(H,27,30). The van der Waals surface area contributed by atoms with E-state index in [1.165, 1.54) is 6.92 Å². The molecule has 0 heterocycles. The summed E-state index contributed by atoms with van der Waals surface area (Å²) in [5.41, 5.74) is 10.3. The van der Waals surface area contributed by atoms with Gasteiger partial charge in [0, 0.05) is 25.1 Å². The van der Waals surface area contributed by atoms with Crippen LogP contribution in [-0.2, 0) is 42.9 Å². The molecule has 7 N–H and O–H groups in total. The summed E-state index contributed by atoms with van der Waals surface area (Å²) < 4.78 is 21.4.